The van der Waals surface area contributed by atoms with Gasteiger partial charge in [-0.3, -0.25) is 14.5 Å². The van der Waals surface area contributed by atoms with Crippen LogP contribution >= 0.6 is 0 Å². The fourth-order valence-corrected chi connectivity index (χ4v) is 3.73. The molecule has 0 N–H and O–H groups in total. The van der Waals surface area contributed by atoms with Crippen molar-refractivity contribution in [2.24, 2.45) is 0 Å². The average molecular weight is 396 g/mol. The number of hydrogen-bond donors (Lipinski definition) is 0. The van der Waals surface area contributed by atoms with Crippen LogP contribution in [-0.4, -0.2) is 57.6 Å². The number of rotatable bonds is 6. The molecule has 1 aliphatic heterocycles. The quantitative estimate of drug-likeness (QED) is 0.755. The molecule has 29 heavy (non-hydrogen) atoms. The van der Waals surface area contributed by atoms with E-state index < -0.39 is 6.04 Å². The standard InChI is InChI=1S/C23H29N3O3/c1-16-6-11-20(17(2)14-16)26-21(27)15-25(12-13-29-5)23(28)22(26)18-7-9-19(10-8-18)24(3)4/h6-11,14,22H,12-13,15H2,1-5H3/t22-/m1/s1. The van der Waals surface area contributed by atoms with Crippen molar-refractivity contribution in [2.75, 3.05) is 50.7 Å². The van der Waals surface area contributed by atoms with E-state index in [4.69, 9.17) is 4.74 Å². The number of piperazine rings is 1. The van der Waals surface area contributed by atoms with Gasteiger partial charge in [0.15, 0.2) is 0 Å². The second kappa shape index (κ2) is 8.66. The number of carbonyl (C=O) groups is 2. The number of benzene rings is 2. The fourth-order valence-electron chi connectivity index (χ4n) is 3.73. The summed E-state index contributed by atoms with van der Waals surface area (Å²) >= 11 is 0. The van der Waals surface area contributed by atoms with Gasteiger partial charge in [-0.25, -0.2) is 0 Å². The summed E-state index contributed by atoms with van der Waals surface area (Å²) in [5.41, 5.74) is 4.72. The van der Waals surface area contributed by atoms with Crippen molar-refractivity contribution in [3.8, 4) is 0 Å². The average Bonchev–Trinajstić information content (AvgIpc) is 2.69. The fraction of sp³-hybridized carbons (Fsp3) is 0.391. The lowest BCUT2D eigenvalue weighted by molar-refractivity contribution is -0.142. The number of anilines is 2. The molecule has 6 heteroatoms. The molecule has 0 aromatic heterocycles. The summed E-state index contributed by atoms with van der Waals surface area (Å²) < 4.78 is 5.13. The predicted molar refractivity (Wildman–Crippen MR) is 115 cm³/mol. The maximum Gasteiger partial charge on any atom is 0.250 e. The van der Waals surface area contributed by atoms with Gasteiger partial charge in [0, 0.05) is 39.1 Å². The van der Waals surface area contributed by atoms with Crippen molar-refractivity contribution in [3.05, 3.63) is 59.2 Å². The van der Waals surface area contributed by atoms with Gasteiger partial charge in [0.05, 0.1) is 6.61 Å². The molecule has 1 atom stereocenters. The molecular weight excluding hydrogens is 366 g/mol. The summed E-state index contributed by atoms with van der Waals surface area (Å²) in [7, 11) is 5.53. The minimum absolute atomic E-state index is 0.0573. The van der Waals surface area contributed by atoms with Gasteiger partial charge >= 0.3 is 0 Å². The normalized spacial score (nSPS) is 17.1. The zero-order valence-electron chi connectivity index (χ0n) is 17.8. The third-order valence-corrected chi connectivity index (χ3v) is 5.30. The third kappa shape index (κ3) is 4.27. The van der Waals surface area contributed by atoms with Gasteiger partial charge in [0.1, 0.15) is 12.6 Å². The molecule has 2 aromatic carbocycles. The number of methoxy groups -OCH3 is 1. The first-order valence-electron chi connectivity index (χ1n) is 9.77. The molecule has 154 valence electrons. The van der Waals surface area contributed by atoms with Crippen LogP contribution in [0.3, 0.4) is 0 Å². The summed E-state index contributed by atoms with van der Waals surface area (Å²) in [4.78, 5) is 31.9. The Bertz CT molecular complexity index is 893. The maximum absolute atomic E-state index is 13.4. The van der Waals surface area contributed by atoms with Crippen LogP contribution in [0.25, 0.3) is 0 Å². The number of carbonyl (C=O) groups excluding carboxylic acids is 2. The molecule has 0 bridgehead atoms. The number of ether oxygens (including phenoxy) is 1. The Morgan fingerprint density at radius 3 is 2.34 bits per heavy atom. The molecule has 3 rings (SSSR count). The molecule has 0 aliphatic carbocycles. The minimum Gasteiger partial charge on any atom is -0.383 e. The highest BCUT2D eigenvalue weighted by molar-refractivity contribution is 6.07. The van der Waals surface area contributed by atoms with Gasteiger partial charge < -0.3 is 14.5 Å². The molecular formula is C23H29N3O3. The lowest BCUT2D eigenvalue weighted by Crippen LogP contribution is -2.56. The van der Waals surface area contributed by atoms with Crippen molar-refractivity contribution in [1.29, 1.82) is 0 Å². The number of amides is 2. The van der Waals surface area contributed by atoms with Crippen LogP contribution < -0.4 is 9.80 Å². The van der Waals surface area contributed by atoms with Gasteiger partial charge in [0.25, 0.3) is 5.91 Å². The maximum atomic E-state index is 13.4. The highest BCUT2D eigenvalue weighted by Crippen LogP contribution is 2.35. The lowest BCUT2D eigenvalue weighted by atomic mass is 9.98. The summed E-state index contributed by atoms with van der Waals surface area (Å²) in [6.07, 6.45) is 0. The van der Waals surface area contributed by atoms with Crippen molar-refractivity contribution in [2.45, 2.75) is 19.9 Å². The Balaban J connectivity index is 2.06. The Morgan fingerprint density at radius 2 is 1.76 bits per heavy atom. The molecule has 2 aromatic rings. The van der Waals surface area contributed by atoms with Crippen LogP contribution in [-0.2, 0) is 14.3 Å². The van der Waals surface area contributed by atoms with Gasteiger partial charge in [-0.05, 0) is 43.2 Å². The first-order valence-corrected chi connectivity index (χ1v) is 9.77. The first-order chi connectivity index (χ1) is 13.8. The largest absolute Gasteiger partial charge is 0.383 e. The minimum atomic E-state index is -0.689. The van der Waals surface area contributed by atoms with E-state index in [2.05, 4.69) is 0 Å². The van der Waals surface area contributed by atoms with Gasteiger partial charge in [-0.2, -0.15) is 0 Å². The van der Waals surface area contributed by atoms with Crippen LogP contribution in [0.15, 0.2) is 42.5 Å². The Morgan fingerprint density at radius 1 is 1.07 bits per heavy atom. The Kier molecular flexibility index (Phi) is 6.23. The highest BCUT2D eigenvalue weighted by atomic mass is 16.5. The van der Waals surface area contributed by atoms with Gasteiger partial charge in [0.2, 0.25) is 5.91 Å². The number of hydrogen-bond acceptors (Lipinski definition) is 4. The molecule has 1 aliphatic rings. The topological polar surface area (TPSA) is 53.1 Å². The Hall–Kier alpha value is -2.86. The van der Waals surface area contributed by atoms with Crippen LogP contribution in [0, 0.1) is 13.8 Å². The van der Waals surface area contributed by atoms with E-state index in [1.807, 2.05) is 75.3 Å². The number of aryl methyl sites for hydroxylation is 2. The zero-order chi connectivity index (χ0) is 21.1. The summed E-state index contributed by atoms with van der Waals surface area (Å²) in [5, 5.41) is 0. The first kappa shape index (κ1) is 20.9. The third-order valence-electron chi connectivity index (χ3n) is 5.30. The molecule has 0 spiro atoms. The molecule has 1 fully saturated rings. The van der Waals surface area contributed by atoms with Gasteiger partial charge in [-0.1, -0.05) is 29.8 Å². The van der Waals surface area contributed by atoms with Crippen molar-refractivity contribution in [3.63, 3.8) is 0 Å². The molecule has 0 radical (unpaired) electrons. The van der Waals surface area contributed by atoms with Crippen molar-refractivity contribution < 1.29 is 14.3 Å². The smallest absolute Gasteiger partial charge is 0.250 e. The van der Waals surface area contributed by atoms with E-state index in [0.717, 1.165) is 28.1 Å². The molecule has 1 heterocycles. The van der Waals surface area contributed by atoms with Crippen LogP contribution in [0.2, 0.25) is 0 Å². The predicted octanol–water partition coefficient (Wildman–Crippen LogP) is 2.93. The van der Waals surface area contributed by atoms with E-state index in [0.29, 0.717) is 13.2 Å². The summed E-state index contributed by atoms with van der Waals surface area (Å²) in [5.74, 6) is -0.173. The van der Waals surface area contributed by atoms with Crippen molar-refractivity contribution >= 4 is 23.2 Å². The lowest BCUT2D eigenvalue weighted by Gasteiger charge is -2.41. The SMILES string of the molecule is COCCN1CC(=O)N(c2ccc(C)cc2C)[C@H](c2ccc(N(C)C)cc2)C1=O. The monoisotopic (exact) mass is 395 g/mol. The van der Waals surface area contributed by atoms with E-state index in [1.54, 1.807) is 16.9 Å². The van der Waals surface area contributed by atoms with E-state index in [1.165, 1.54) is 0 Å². The van der Waals surface area contributed by atoms with E-state index in [9.17, 15) is 9.59 Å². The molecule has 0 unspecified atom stereocenters. The molecule has 2 amide bonds. The van der Waals surface area contributed by atoms with Crippen LogP contribution in [0.4, 0.5) is 11.4 Å². The van der Waals surface area contributed by atoms with Crippen molar-refractivity contribution in [1.82, 2.24) is 4.90 Å². The summed E-state index contributed by atoms with van der Waals surface area (Å²) in [6.45, 7) is 4.85. The Labute approximate surface area is 172 Å². The van der Waals surface area contributed by atoms with E-state index in [-0.39, 0.29) is 18.4 Å². The zero-order valence-corrected chi connectivity index (χ0v) is 17.8. The van der Waals surface area contributed by atoms with Crippen LogP contribution in [0.1, 0.15) is 22.7 Å². The second-order valence-electron chi connectivity index (χ2n) is 7.69. The number of nitrogens with zero attached hydrogens (tertiary/aromatic N) is 3. The molecule has 0 saturated carbocycles. The second-order valence-corrected chi connectivity index (χ2v) is 7.69. The molecule has 6 nitrogen and oxygen atoms in total. The summed E-state index contributed by atoms with van der Waals surface area (Å²) in [6, 6.07) is 13.1. The van der Waals surface area contributed by atoms with Gasteiger partial charge in [-0.15, -0.1) is 0 Å². The molecule has 1 saturated heterocycles. The van der Waals surface area contributed by atoms with Crippen LogP contribution in [0.5, 0.6) is 0 Å². The highest BCUT2D eigenvalue weighted by Gasteiger charge is 2.41. The van der Waals surface area contributed by atoms with E-state index >= 15 is 0 Å².